The molecule has 3 heterocycles. The van der Waals surface area contributed by atoms with Crippen LogP contribution in [0.25, 0.3) is 0 Å². The van der Waals surface area contributed by atoms with Crippen LogP contribution in [-0.2, 0) is 26.3 Å². The van der Waals surface area contributed by atoms with Gasteiger partial charge in [0.1, 0.15) is 11.4 Å². The first-order chi connectivity index (χ1) is 17.3. The average molecular weight is 497 g/mol. The van der Waals surface area contributed by atoms with E-state index >= 15 is 0 Å². The number of hydrogen-bond donors (Lipinski definition) is 2. The number of nitrogens with one attached hydrogen (secondary N) is 2. The largest absolute Gasteiger partial charge is 0.343 e. The van der Waals surface area contributed by atoms with E-state index in [1.54, 1.807) is 11.0 Å². The number of carbonyl (C=O) groups excluding carboxylic acids is 3. The molecular formula is C26H36N6O4. The van der Waals surface area contributed by atoms with Crippen LogP contribution in [0.1, 0.15) is 82.1 Å². The average Bonchev–Trinajstić information content (AvgIpc) is 3.22. The topological polar surface area (TPSA) is 130 Å². The molecule has 1 unspecified atom stereocenters. The predicted molar refractivity (Wildman–Crippen MR) is 133 cm³/mol. The minimum absolute atomic E-state index is 0.0352. The smallest absolute Gasteiger partial charge is 0.230 e. The Kier molecular flexibility index (Phi) is 8.32. The van der Waals surface area contributed by atoms with Gasteiger partial charge in [-0.15, -0.1) is 0 Å². The Balaban J connectivity index is 1.33. The Hall–Kier alpha value is -3.30. The van der Waals surface area contributed by atoms with Gasteiger partial charge in [-0.1, -0.05) is 36.9 Å². The van der Waals surface area contributed by atoms with E-state index < -0.39 is 5.54 Å². The van der Waals surface area contributed by atoms with Crippen LogP contribution in [-0.4, -0.2) is 50.8 Å². The molecule has 194 valence electrons. The predicted octanol–water partition coefficient (Wildman–Crippen LogP) is 3.27. The third-order valence-corrected chi connectivity index (χ3v) is 7.11. The highest BCUT2D eigenvalue weighted by Gasteiger charge is 2.38. The molecule has 3 amide bonds. The Morgan fingerprint density at radius 2 is 1.89 bits per heavy atom. The van der Waals surface area contributed by atoms with E-state index in [9.17, 15) is 14.4 Å². The van der Waals surface area contributed by atoms with Crippen molar-refractivity contribution in [3.63, 3.8) is 0 Å². The van der Waals surface area contributed by atoms with E-state index in [-0.39, 0.29) is 30.1 Å². The van der Waals surface area contributed by atoms with E-state index in [4.69, 9.17) is 4.52 Å². The van der Waals surface area contributed by atoms with Crippen molar-refractivity contribution in [2.45, 2.75) is 83.6 Å². The SMILES string of the molecule is CC(=O)NC1(c2noc(CCC(=O)N3CCCC(C(=O)Nc4cccc(C)n4)C3)n2)CCCCCC1. The molecule has 1 atom stereocenters. The number of amides is 3. The second-order valence-corrected chi connectivity index (χ2v) is 10.0. The van der Waals surface area contributed by atoms with Crippen LogP contribution in [0.15, 0.2) is 22.7 Å². The van der Waals surface area contributed by atoms with Crippen LogP contribution in [0.4, 0.5) is 5.82 Å². The third-order valence-electron chi connectivity index (χ3n) is 7.11. The lowest BCUT2D eigenvalue weighted by Crippen LogP contribution is -2.45. The van der Waals surface area contributed by atoms with Gasteiger partial charge >= 0.3 is 0 Å². The number of anilines is 1. The Morgan fingerprint density at radius 3 is 2.61 bits per heavy atom. The number of aromatic nitrogens is 3. The van der Waals surface area contributed by atoms with E-state index in [0.717, 1.165) is 57.1 Å². The van der Waals surface area contributed by atoms with Gasteiger partial charge in [-0.3, -0.25) is 14.4 Å². The monoisotopic (exact) mass is 496 g/mol. The standard InChI is InChI=1S/C26H36N6O4/c1-18-9-7-11-21(27-18)28-24(35)20-10-8-16-32(17-20)23(34)13-12-22-29-25(31-36-22)26(30-19(2)33)14-5-3-4-6-15-26/h7,9,11,20H,3-6,8,10,12-17H2,1-2H3,(H,30,33)(H,27,28,35). The summed E-state index contributed by atoms with van der Waals surface area (Å²) < 4.78 is 5.48. The highest BCUT2D eigenvalue weighted by atomic mass is 16.5. The fraction of sp³-hybridized carbons (Fsp3) is 0.615. The molecule has 10 heteroatoms. The number of rotatable bonds is 7. The van der Waals surface area contributed by atoms with Gasteiger partial charge < -0.3 is 20.1 Å². The third kappa shape index (κ3) is 6.47. The highest BCUT2D eigenvalue weighted by molar-refractivity contribution is 5.92. The second-order valence-electron chi connectivity index (χ2n) is 10.0. The summed E-state index contributed by atoms with van der Waals surface area (Å²) in [5.41, 5.74) is 0.229. The number of nitrogens with zero attached hydrogens (tertiary/aromatic N) is 4. The Bertz CT molecular complexity index is 1080. The van der Waals surface area contributed by atoms with Gasteiger partial charge in [0.15, 0.2) is 5.82 Å². The van der Waals surface area contributed by atoms with Crippen molar-refractivity contribution in [2.24, 2.45) is 5.92 Å². The summed E-state index contributed by atoms with van der Waals surface area (Å²) >= 11 is 0. The number of piperidine rings is 1. The summed E-state index contributed by atoms with van der Waals surface area (Å²) in [6.45, 7) is 4.40. The van der Waals surface area contributed by atoms with E-state index in [2.05, 4.69) is 25.8 Å². The van der Waals surface area contributed by atoms with Gasteiger partial charge in [0.2, 0.25) is 23.6 Å². The molecule has 0 bridgehead atoms. The fourth-order valence-electron chi connectivity index (χ4n) is 5.25. The summed E-state index contributed by atoms with van der Waals surface area (Å²) in [6.07, 6.45) is 7.84. The zero-order valence-electron chi connectivity index (χ0n) is 21.2. The number of likely N-dealkylation sites (tertiary alicyclic amines) is 1. The van der Waals surface area contributed by atoms with Gasteiger partial charge in [-0.25, -0.2) is 4.98 Å². The molecule has 1 saturated heterocycles. The lowest BCUT2D eigenvalue weighted by Gasteiger charge is -2.32. The minimum atomic E-state index is -0.603. The molecule has 2 aliphatic rings. The summed E-state index contributed by atoms with van der Waals surface area (Å²) in [4.78, 5) is 48.3. The quantitative estimate of drug-likeness (QED) is 0.563. The van der Waals surface area contributed by atoms with Gasteiger partial charge in [-0.2, -0.15) is 4.98 Å². The van der Waals surface area contributed by atoms with Crippen LogP contribution in [0.3, 0.4) is 0 Å². The molecule has 36 heavy (non-hydrogen) atoms. The second kappa shape index (κ2) is 11.6. The molecule has 1 aliphatic carbocycles. The van der Waals surface area contributed by atoms with Crippen molar-refractivity contribution in [1.82, 2.24) is 25.3 Å². The van der Waals surface area contributed by atoms with Gasteiger partial charge in [0.05, 0.1) is 5.92 Å². The van der Waals surface area contributed by atoms with Crippen molar-refractivity contribution >= 4 is 23.5 Å². The first kappa shape index (κ1) is 25.8. The maximum absolute atomic E-state index is 12.9. The van der Waals surface area contributed by atoms with Gasteiger partial charge in [0, 0.05) is 38.5 Å². The Labute approximate surface area is 211 Å². The number of carbonyl (C=O) groups is 3. The zero-order chi connectivity index (χ0) is 25.5. The number of pyridine rings is 1. The molecule has 2 aromatic heterocycles. The van der Waals surface area contributed by atoms with Crippen molar-refractivity contribution in [1.29, 1.82) is 0 Å². The molecule has 1 aliphatic heterocycles. The summed E-state index contributed by atoms with van der Waals surface area (Å²) in [5, 5.41) is 10.1. The molecular weight excluding hydrogens is 460 g/mol. The molecule has 4 rings (SSSR count). The lowest BCUT2D eigenvalue weighted by molar-refractivity contribution is -0.134. The first-order valence-corrected chi connectivity index (χ1v) is 13.0. The zero-order valence-corrected chi connectivity index (χ0v) is 21.2. The van der Waals surface area contributed by atoms with Crippen LogP contribution < -0.4 is 10.6 Å². The van der Waals surface area contributed by atoms with Crippen LogP contribution in [0, 0.1) is 12.8 Å². The van der Waals surface area contributed by atoms with E-state index in [1.807, 2.05) is 19.1 Å². The van der Waals surface area contributed by atoms with Crippen molar-refractivity contribution in [2.75, 3.05) is 18.4 Å². The molecule has 2 fully saturated rings. The summed E-state index contributed by atoms with van der Waals surface area (Å²) in [5.74, 6) is 0.894. The number of aryl methyl sites for hydroxylation is 2. The maximum Gasteiger partial charge on any atom is 0.230 e. The summed E-state index contributed by atoms with van der Waals surface area (Å²) in [6, 6.07) is 5.49. The molecule has 0 radical (unpaired) electrons. The molecule has 2 N–H and O–H groups in total. The first-order valence-electron chi connectivity index (χ1n) is 13.0. The van der Waals surface area contributed by atoms with Crippen LogP contribution in [0.2, 0.25) is 0 Å². The van der Waals surface area contributed by atoms with Crippen molar-refractivity contribution < 1.29 is 18.9 Å². The lowest BCUT2D eigenvalue weighted by atomic mass is 9.89. The van der Waals surface area contributed by atoms with Crippen molar-refractivity contribution in [3.05, 3.63) is 35.6 Å². The van der Waals surface area contributed by atoms with E-state index in [0.29, 0.717) is 37.0 Å². The van der Waals surface area contributed by atoms with Crippen molar-refractivity contribution in [3.8, 4) is 0 Å². The number of hydrogen-bond acceptors (Lipinski definition) is 7. The minimum Gasteiger partial charge on any atom is -0.343 e. The molecule has 0 spiro atoms. The highest BCUT2D eigenvalue weighted by Crippen LogP contribution is 2.34. The van der Waals surface area contributed by atoms with Gasteiger partial charge in [-0.05, 0) is 44.7 Å². The summed E-state index contributed by atoms with van der Waals surface area (Å²) in [7, 11) is 0. The maximum atomic E-state index is 12.9. The molecule has 1 saturated carbocycles. The van der Waals surface area contributed by atoms with E-state index in [1.165, 1.54) is 6.92 Å². The van der Waals surface area contributed by atoms with Gasteiger partial charge in [0.25, 0.3) is 0 Å². The van der Waals surface area contributed by atoms with Crippen LogP contribution in [0.5, 0.6) is 0 Å². The molecule has 10 nitrogen and oxygen atoms in total. The Morgan fingerprint density at radius 1 is 1.11 bits per heavy atom. The van der Waals surface area contributed by atoms with Crippen LogP contribution >= 0.6 is 0 Å². The normalized spacial score (nSPS) is 19.8. The molecule has 0 aromatic carbocycles. The fourth-order valence-corrected chi connectivity index (χ4v) is 5.25. The molecule has 2 aromatic rings.